The van der Waals surface area contributed by atoms with Crippen LogP contribution in [0.25, 0.3) is 0 Å². The van der Waals surface area contributed by atoms with Gasteiger partial charge in [-0.3, -0.25) is 4.79 Å². The van der Waals surface area contributed by atoms with Crippen LogP contribution in [0.2, 0.25) is 0 Å². The number of benzene rings is 1. The van der Waals surface area contributed by atoms with Crippen molar-refractivity contribution in [3.05, 3.63) is 47.8 Å². The summed E-state index contributed by atoms with van der Waals surface area (Å²) < 4.78 is 10.9. The molecule has 0 atom stereocenters. The molecule has 0 aliphatic rings. The zero-order valence-corrected chi connectivity index (χ0v) is 13.7. The van der Waals surface area contributed by atoms with Crippen molar-refractivity contribution in [1.29, 1.82) is 0 Å². The summed E-state index contributed by atoms with van der Waals surface area (Å²) >= 11 is 0. The van der Waals surface area contributed by atoms with Crippen LogP contribution in [-0.4, -0.2) is 29.8 Å². The summed E-state index contributed by atoms with van der Waals surface area (Å²) in [5, 5.41) is 4.08. The standard InChI is InChI=1S/C17H21N3O3/c1-11(2)23-15-8-7-13(10-16(15)22-4)17(21)20-19-12(3)14-6-5-9-18-14/h5-11,18H,1-4H3,(H,20,21)/b19-12+. The molecule has 2 aromatic rings. The van der Waals surface area contributed by atoms with E-state index in [1.165, 1.54) is 7.11 Å². The second-order valence-electron chi connectivity index (χ2n) is 5.25. The summed E-state index contributed by atoms with van der Waals surface area (Å²) in [6.45, 7) is 5.67. The molecule has 1 aromatic heterocycles. The Hall–Kier alpha value is -2.76. The van der Waals surface area contributed by atoms with E-state index in [4.69, 9.17) is 9.47 Å². The molecule has 2 N–H and O–H groups in total. The zero-order chi connectivity index (χ0) is 16.8. The van der Waals surface area contributed by atoms with Crippen LogP contribution < -0.4 is 14.9 Å². The molecule has 1 aromatic carbocycles. The number of methoxy groups -OCH3 is 1. The van der Waals surface area contributed by atoms with Gasteiger partial charge in [-0.25, -0.2) is 5.43 Å². The highest BCUT2D eigenvalue weighted by molar-refractivity contribution is 5.99. The largest absolute Gasteiger partial charge is 0.493 e. The number of amides is 1. The Balaban J connectivity index is 2.12. The van der Waals surface area contributed by atoms with E-state index >= 15 is 0 Å². The number of hydrogen-bond donors (Lipinski definition) is 2. The first-order valence-corrected chi connectivity index (χ1v) is 7.34. The smallest absolute Gasteiger partial charge is 0.271 e. The number of nitrogens with zero attached hydrogens (tertiary/aromatic N) is 1. The first-order chi connectivity index (χ1) is 11.0. The highest BCUT2D eigenvalue weighted by Gasteiger charge is 2.12. The van der Waals surface area contributed by atoms with E-state index in [9.17, 15) is 4.79 Å². The Labute approximate surface area is 135 Å². The highest BCUT2D eigenvalue weighted by Crippen LogP contribution is 2.28. The number of rotatable bonds is 6. The van der Waals surface area contributed by atoms with Gasteiger partial charge in [0.05, 0.1) is 24.6 Å². The van der Waals surface area contributed by atoms with E-state index in [1.807, 2.05) is 32.9 Å². The number of aromatic nitrogens is 1. The summed E-state index contributed by atoms with van der Waals surface area (Å²) in [4.78, 5) is 15.2. The van der Waals surface area contributed by atoms with Gasteiger partial charge in [0.1, 0.15) is 0 Å². The Bertz CT molecular complexity index is 691. The zero-order valence-electron chi connectivity index (χ0n) is 13.7. The van der Waals surface area contributed by atoms with Crippen LogP contribution in [-0.2, 0) is 0 Å². The lowest BCUT2D eigenvalue weighted by atomic mass is 10.2. The van der Waals surface area contributed by atoms with E-state index in [-0.39, 0.29) is 12.0 Å². The average Bonchev–Trinajstić information content (AvgIpc) is 3.06. The minimum atomic E-state index is -0.315. The highest BCUT2D eigenvalue weighted by atomic mass is 16.5. The van der Waals surface area contributed by atoms with Crippen LogP contribution >= 0.6 is 0 Å². The topological polar surface area (TPSA) is 75.7 Å². The number of ether oxygens (including phenoxy) is 2. The first-order valence-electron chi connectivity index (χ1n) is 7.34. The van der Waals surface area contributed by atoms with Gasteiger partial charge in [-0.2, -0.15) is 5.10 Å². The van der Waals surface area contributed by atoms with Crippen molar-refractivity contribution in [3.8, 4) is 11.5 Å². The molecule has 0 saturated heterocycles. The maximum absolute atomic E-state index is 12.2. The van der Waals surface area contributed by atoms with Gasteiger partial charge in [0.15, 0.2) is 11.5 Å². The van der Waals surface area contributed by atoms with Crippen molar-refractivity contribution in [1.82, 2.24) is 10.4 Å². The molecule has 0 fully saturated rings. The monoisotopic (exact) mass is 315 g/mol. The molecular formula is C17H21N3O3. The summed E-state index contributed by atoms with van der Waals surface area (Å²) in [7, 11) is 1.54. The fourth-order valence-corrected chi connectivity index (χ4v) is 1.97. The molecule has 122 valence electrons. The van der Waals surface area contributed by atoms with E-state index < -0.39 is 0 Å². The number of nitrogens with one attached hydrogen (secondary N) is 2. The van der Waals surface area contributed by atoms with Gasteiger partial charge in [-0.1, -0.05) is 0 Å². The van der Waals surface area contributed by atoms with Crippen LogP contribution in [0, 0.1) is 0 Å². The Morgan fingerprint density at radius 3 is 2.65 bits per heavy atom. The number of aromatic amines is 1. The minimum absolute atomic E-state index is 0.0247. The molecule has 0 aliphatic heterocycles. The normalized spacial score (nSPS) is 11.4. The van der Waals surface area contributed by atoms with Crippen molar-refractivity contribution >= 4 is 11.6 Å². The van der Waals surface area contributed by atoms with E-state index in [0.29, 0.717) is 22.8 Å². The van der Waals surface area contributed by atoms with Gasteiger partial charge in [-0.05, 0) is 51.1 Å². The maximum Gasteiger partial charge on any atom is 0.271 e. The van der Waals surface area contributed by atoms with Crippen LogP contribution in [0.3, 0.4) is 0 Å². The van der Waals surface area contributed by atoms with E-state index in [0.717, 1.165) is 5.69 Å². The van der Waals surface area contributed by atoms with Gasteiger partial charge in [0, 0.05) is 11.8 Å². The van der Waals surface area contributed by atoms with Crippen LogP contribution in [0.15, 0.2) is 41.6 Å². The summed E-state index contributed by atoms with van der Waals surface area (Å²) in [6, 6.07) is 8.78. The summed E-state index contributed by atoms with van der Waals surface area (Å²) in [6.07, 6.45) is 1.82. The fourth-order valence-electron chi connectivity index (χ4n) is 1.97. The number of hydrazone groups is 1. The molecule has 0 spiro atoms. The van der Waals surface area contributed by atoms with Gasteiger partial charge in [0.25, 0.3) is 5.91 Å². The lowest BCUT2D eigenvalue weighted by Gasteiger charge is -2.14. The average molecular weight is 315 g/mol. The first kappa shape index (κ1) is 16.6. The molecule has 2 rings (SSSR count). The number of hydrogen-bond acceptors (Lipinski definition) is 4. The van der Waals surface area contributed by atoms with Crippen molar-refractivity contribution in [2.45, 2.75) is 26.9 Å². The predicted molar refractivity (Wildman–Crippen MR) is 89.2 cm³/mol. The minimum Gasteiger partial charge on any atom is -0.493 e. The van der Waals surface area contributed by atoms with Gasteiger partial charge >= 0.3 is 0 Å². The second-order valence-corrected chi connectivity index (χ2v) is 5.25. The molecule has 0 bridgehead atoms. The fraction of sp³-hybridized carbons (Fsp3) is 0.294. The Morgan fingerprint density at radius 1 is 1.26 bits per heavy atom. The number of H-pyrrole nitrogens is 1. The Morgan fingerprint density at radius 2 is 2.04 bits per heavy atom. The van der Waals surface area contributed by atoms with Gasteiger partial charge in [0.2, 0.25) is 0 Å². The Kier molecular flexibility index (Phi) is 5.41. The van der Waals surface area contributed by atoms with Crippen molar-refractivity contribution < 1.29 is 14.3 Å². The molecule has 6 heteroatoms. The molecule has 0 aliphatic carbocycles. The summed E-state index contributed by atoms with van der Waals surface area (Å²) in [5.41, 5.74) is 4.52. The van der Waals surface area contributed by atoms with E-state index in [2.05, 4.69) is 15.5 Å². The third-order valence-electron chi connectivity index (χ3n) is 3.10. The van der Waals surface area contributed by atoms with Crippen LogP contribution in [0.1, 0.15) is 36.8 Å². The molecule has 0 radical (unpaired) electrons. The van der Waals surface area contributed by atoms with Crippen LogP contribution in [0.4, 0.5) is 0 Å². The quantitative estimate of drug-likeness (QED) is 0.635. The summed E-state index contributed by atoms with van der Waals surface area (Å²) in [5.74, 6) is 0.798. The third kappa shape index (κ3) is 4.35. The van der Waals surface area contributed by atoms with Gasteiger partial charge in [-0.15, -0.1) is 0 Å². The predicted octanol–water partition coefficient (Wildman–Crippen LogP) is 2.96. The second kappa shape index (κ2) is 7.49. The SMILES string of the molecule is COc1cc(C(=O)N/N=C(\C)c2ccc[nH]2)ccc1OC(C)C. The molecule has 23 heavy (non-hydrogen) atoms. The number of carbonyl (C=O) groups is 1. The van der Waals surface area contributed by atoms with E-state index in [1.54, 1.807) is 24.4 Å². The third-order valence-corrected chi connectivity index (χ3v) is 3.10. The number of carbonyl (C=O) groups excluding carboxylic acids is 1. The van der Waals surface area contributed by atoms with Crippen molar-refractivity contribution in [2.24, 2.45) is 5.10 Å². The lowest BCUT2D eigenvalue weighted by Crippen LogP contribution is -2.19. The lowest BCUT2D eigenvalue weighted by molar-refractivity contribution is 0.0954. The molecule has 6 nitrogen and oxygen atoms in total. The van der Waals surface area contributed by atoms with Crippen LogP contribution in [0.5, 0.6) is 11.5 Å². The van der Waals surface area contributed by atoms with Gasteiger partial charge < -0.3 is 14.5 Å². The van der Waals surface area contributed by atoms with Crippen molar-refractivity contribution in [3.63, 3.8) is 0 Å². The molecule has 1 amide bonds. The molecule has 0 unspecified atom stereocenters. The molecular weight excluding hydrogens is 294 g/mol. The molecule has 0 saturated carbocycles. The maximum atomic E-state index is 12.2. The van der Waals surface area contributed by atoms with Crippen molar-refractivity contribution in [2.75, 3.05) is 7.11 Å². The molecule has 1 heterocycles.